The normalized spacial score (nSPS) is 18.0. The molecular weight excluding hydrogens is 736 g/mol. The number of oxazole rings is 1. The Labute approximate surface area is 328 Å². The van der Waals surface area contributed by atoms with E-state index in [4.69, 9.17) is 37.6 Å². The van der Waals surface area contributed by atoms with Crippen LogP contribution in [0.2, 0.25) is 0 Å². The fourth-order valence-electron chi connectivity index (χ4n) is 7.07. The van der Waals surface area contributed by atoms with E-state index in [1.54, 1.807) is 11.0 Å². The van der Waals surface area contributed by atoms with Crippen molar-refractivity contribution in [2.75, 3.05) is 27.1 Å². The molecule has 1 fully saturated rings. The van der Waals surface area contributed by atoms with Crippen LogP contribution in [0.1, 0.15) is 50.1 Å². The first-order valence-electron chi connectivity index (χ1n) is 18.6. The van der Waals surface area contributed by atoms with Crippen molar-refractivity contribution >= 4 is 51.8 Å². The summed E-state index contributed by atoms with van der Waals surface area (Å²) in [5, 5.41) is 1.95. The summed E-state index contributed by atoms with van der Waals surface area (Å²) in [7, 11) is 1.09. The van der Waals surface area contributed by atoms with Gasteiger partial charge in [0.15, 0.2) is 29.3 Å². The molecule has 5 aromatic rings. The van der Waals surface area contributed by atoms with E-state index in [1.807, 2.05) is 97.9 Å². The van der Waals surface area contributed by atoms with Crippen LogP contribution >= 0.6 is 0 Å². The van der Waals surface area contributed by atoms with Gasteiger partial charge < -0.3 is 42.5 Å². The Bertz CT molecular complexity index is 2270. The maximum absolute atomic E-state index is 15.2. The number of carbonyl (C=O) groups is 4. The summed E-state index contributed by atoms with van der Waals surface area (Å²) >= 11 is 0. The number of amides is 1. The van der Waals surface area contributed by atoms with E-state index in [2.05, 4.69) is 4.98 Å². The summed E-state index contributed by atoms with van der Waals surface area (Å²) in [4.78, 5) is 61.4. The summed E-state index contributed by atoms with van der Waals surface area (Å²) < 4.78 is 44.4. The van der Waals surface area contributed by atoms with Gasteiger partial charge in [-0.25, -0.2) is 19.4 Å². The summed E-state index contributed by atoms with van der Waals surface area (Å²) in [5.74, 6) is -6.11. The molecule has 1 saturated heterocycles. The minimum atomic E-state index is -2.87. The number of benzene rings is 4. The Hall–Kier alpha value is -6.25. The molecule has 57 heavy (non-hydrogen) atoms. The zero-order chi connectivity index (χ0) is 40.1. The number of esters is 3. The first-order valence-corrected chi connectivity index (χ1v) is 18.6. The maximum Gasteiger partial charge on any atom is 0.379 e. The third-order valence-electron chi connectivity index (χ3n) is 9.94. The lowest BCUT2D eigenvalue weighted by Crippen LogP contribution is -2.52. The summed E-state index contributed by atoms with van der Waals surface area (Å²) in [6, 6.07) is 26.0. The largest absolute Gasteiger partial charge is 0.467 e. The average molecular weight is 779 g/mol. The second kappa shape index (κ2) is 16.9. The minimum Gasteiger partial charge on any atom is -0.467 e. The summed E-state index contributed by atoms with van der Waals surface area (Å²) in [6.45, 7) is 4.69. The SMILES string of the molecule is CCOC(=O)C1(C(=O)OCC)O[C@H](C(=O)OC)[C@@H](C(=O)N(Cc2ccc3ccccc3c2)[C@H](C)[C@H](C/C=C/c2nc3ccccc3o2)c2ccc3c(c2)OCO3)O1. The lowest BCUT2D eigenvalue weighted by atomic mass is 9.87. The van der Waals surface area contributed by atoms with Gasteiger partial charge in [0.1, 0.15) is 5.52 Å². The molecule has 0 N–H and O–H groups in total. The Morgan fingerprint density at radius 2 is 1.56 bits per heavy atom. The van der Waals surface area contributed by atoms with Crippen LogP contribution in [0, 0.1) is 0 Å². The Kier molecular flexibility index (Phi) is 11.5. The number of nitrogens with zero attached hydrogens (tertiary/aromatic N) is 2. The first kappa shape index (κ1) is 39.0. The van der Waals surface area contributed by atoms with Gasteiger partial charge in [0.2, 0.25) is 12.7 Å². The minimum absolute atomic E-state index is 0.0281. The predicted molar refractivity (Wildman–Crippen MR) is 205 cm³/mol. The highest BCUT2D eigenvalue weighted by Gasteiger charge is 2.65. The van der Waals surface area contributed by atoms with Gasteiger partial charge >= 0.3 is 23.7 Å². The fourth-order valence-corrected chi connectivity index (χ4v) is 7.07. The molecule has 296 valence electrons. The molecule has 14 heteroatoms. The van der Waals surface area contributed by atoms with Crippen molar-refractivity contribution in [3.8, 4) is 11.5 Å². The van der Waals surface area contributed by atoms with Crippen LogP contribution in [0.3, 0.4) is 0 Å². The second-order valence-corrected chi connectivity index (χ2v) is 13.4. The predicted octanol–water partition coefficient (Wildman–Crippen LogP) is 6.09. The molecule has 0 aliphatic carbocycles. The van der Waals surface area contributed by atoms with Crippen molar-refractivity contribution in [1.29, 1.82) is 0 Å². The van der Waals surface area contributed by atoms with Gasteiger partial charge in [-0.3, -0.25) is 4.79 Å². The van der Waals surface area contributed by atoms with Crippen LogP contribution in [0.4, 0.5) is 0 Å². The molecule has 1 amide bonds. The molecule has 0 bridgehead atoms. The van der Waals surface area contributed by atoms with Gasteiger partial charge in [-0.2, -0.15) is 0 Å². The van der Waals surface area contributed by atoms with Crippen LogP contribution in [0.5, 0.6) is 11.5 Å². The fraction of sp³-hybridized carbons (Fsp3) is 0.326. The lowest BCUT2D eigenvalue weighted by molar-refractivity contribution is -0.227. The van der Waals surface area contributed by atoms with E-state index < -0.39 is 53.8 Å². The van der Waals surface area contributed by atoms with Gasteiger partial charge in [0.05, 0.1) is 20.3 Å². The number of hydrogen-bond donors (Lipinski definition) is 0. The molecule has 7 rings (SSSR count). The van der Waals surface area contributed by atoms with E-state index in [0.29, 0.717) is 34.9 Å². The van der Waals surface area contributed by atoms with Crippen molar-refractivity contribution in [3.05, 3.63) is 108 Å². The van der Waals surface area contributed by atoms with Crippen LogP contribution in [0.25, 0.3) is 27.9 Å². The number of hydrogen-bond acceptors (Lipinski definition) is 13. The molecule has 0 spiro atoms. The third kappa shape index (κ3) is 7.91. The highest BCUT2D eigenvalue weighted by atomic mass is 16.8. The van der Waals surface area contributed by atoms with E-state index in [0.717, 1.165) is 29.0 Å². The summed E-state index contributed by atoms with van der Waals surface area (Å²) in [6.07, 6.45) is 0.386. The van der Waals surface area contributed by atoms with Crippen molar-refractivity contribution < 1.29 is 56.8 Å². The van der Waals surface area contributed by atoms with E-state index in [9.17, 15) is 14.4 Å². The number of rotatable bonds is 14. The molecule has 4 atom stereocenters. The molecule has 4 aromatic carbocycles. The van der Waals surface area contributed by atoms with Crippen molar-refractivity contribution in [1.82, 2.24) is 9.88 Å². The van der Waals surface area contributed by atoms with Gasteiger partial charge in [0, 0.05) is 18.5 Å². The number of aromatic nitrogens is 1. The number of para-hydroxylation sites is 2. The zero-order valence-corrected chi connectivity index (χ0v) is 31.9. The van der Waals surface area contributed by atoms with Crippen LogP contribution in [0.15, 0.2) is 95.4 Å². The number of allylic oxidation sites excluding steroid dienone is 1. The highest BCUT2D eigenvalue weighted by molar-refractivity contribution is 6.04. The van der Waals surface area contributed by atoms with E-state index >= 15 is 4.79 Å². The standard InChI is InChI=1S/C43H42N2O12/c1-5-51-41(48)43(42(49)52-6-2)56-37(38(57-43)40(47)50-4)39(46)45(24-27-18-19-28-12-7-8-13-29(28)22-27)26(3)31(30-20-21-34-35(23-30)54-25-53-34)14-11-17-36-44-32-15-9-10-16-33(32)55-36/h7-13,15-23,26,31,37-38H,5-6,14,24-25H2,1-4H3/b17-11+/t26-,31+,37+,38+/m1/s1. The third-order valence-corrected chi connectivity index (χ3v) is 9.94. The highest BCUT2D eigenvalue weighted by Crippen LogP contribution is 2.40. The van der Waals surface area contributed by atoms with Gasteiger partial charge in [0.25, 0.3) is 5.91 Å². The second-order valence-electron chi connectivity index (χ2n) is 13.4. The quantitative estimate of drug-likeness (QED) is 0.0724. The Morgan fingerprint density at radius 3 is 2.30 bits per heavy atom. The molecule has 0 saturated carbocycles. The smallest absolute Gasteiger partial charge is 0.379 e. The van der Waals surface area contributed by atoms with E-state index in [1.165, 1.54) is 13.8 Å². The van der Waals surface area contributed by atoms with Gasteiger partial charge in [-0.1, -0.05) is 60.7 Å². The Morgan fingerprint density at radius 1 is 0.860 bits per heavy atom. The number of methoxy groups -OCH3 is 1. The first-order chi connectivity index (χ1) is 27.6. The molecule has 0 unspecified atom stereocenters. The number of fused-ring (bicyclic) bond motifs is 3. The molecule has 14 nitrogen and oxygen atoms in total. The van der Waals surface area contributed by atoms with E-state index in [-0.39, 0.29) is 26.6 Å². The van der Waals surface area contributed by atoms with Crippen molar-refractivity contribution in [2.45, 2.75) is 63.7 Å². The van der Waals surface area contributed by atoms with Crippen LogP contribution in [-0.4, -0.2) is 84.9 Å². The molecule has 3 heterocycles. The molecule has 2 aliphatic heterocycles. The summed E-state index contributed by atoms with van der Waals surface area (Å²) in [5.41, 5.74) is 2.93. The number of ether oxygens (including phenoxy) is 7. The van der Waals surface area contributed by atoms with Gasteiger partial charge in [-0.15, -0.1) is 0 Å². The number of carbonyl (C=O) groups excluding carboxylic acids is 4. The van der Waals surface area contributed by atoms with Crippen LogP contribution in [-0.2, 0) is 49.4 Å². The molecule has 0 radical (unpaired) electrons. The van der Waals surface area contributed by atoms with Crippen molar-refractivity contribution in [2.24, 2.45) is 0 Å². The van der Waals surface area contributed by atoms with Crippen LogP contribution < -0.4 is 9.47 Å². The molecule has 1 aromatic heterocycles. The maximum atomic E-state index is 15.2. The topological polar surface area (TPSA) is 162 Å². The van der Waals surface area contributed by atoms with Crippen molar-refractivity contribution in [3.63, 3.8) is 0 Å². The zero-order valence-electron chi connectivity index (χ0n) is 31.9. The molecule has 2 aliphatic rings. The monoisotopic (exact) mass is 778 g/mol. The molecular formula is C43H42N2O12. The Balaban J connectivity index is 1.30. The van der Waals surface area contributed by atoms with Gasteiger partial charge in [-0.05, 0) is 85.5 Å². The average Bonchev–Trinajstić information content (AvgIpc) is 3.98. The lowest BCUT2D eigenvalue weighted by Gasteiger charge is -2.37.